The molecule has 4 rings (SSSR count). The number of alkyl halides is 3. The van der Waals surface area contributed by atoms with Crippen molar-refractivity contribution in [2.45, 2.75) is 43.9 Å². The molecule has 0 bridgehead atoms. The van der Waals surface area contributed by atoms with Crippen LogP contribution in [0.15, 0.2) is 36.7 Å². The maximum atomic E-state index is 13.3. The lowest BCUT2D eigenvalue weighted by Crippen LogP contribution is -2.48. The fourth-order valence-corrected chi connectivity index (χ4v) is 3.68. The largest absolute Gasteiger partial charge is 0.416 e. The summed E-state index contributed by atoms with van der Waals surface area (Å²) in [7, 11) is 0. The summed E-state index contributed by atoms with van der Waals surface area (Å²) < 4.78 is 41.3. The van der Waals surface area contributed by atoms with E-state index in [1.54, 1.807) is 17.2 Å². The fourth-order valence-electron chi connectivity index (χ4n) is 3.68. The third-order valence-corrected chi connectivity index (χ3v) is 5.05. The minimum Gasteiger partial charge on any atom is -0.381 e. The minimum atomic E-state index is -4.45. The number of nitrogens with zero attached hydrogens (tertiary/aromatic N) is 5. The molecule has 0 amide bonds. The molecule has 28 heavy (non-hydrogen) atoms. The Morgan fingerprint density at radius 1 is 1.18 bits per heavy atom. The quantitative estimate of drug-likeness (QED) is 0.712. The summed E-state index contributed by atoms with van der Waals surface area (Å²) in [6.45, 7) is 0. The molecule has 1 aromatic carbocycles. The van der Waals surface area contributed by atoms with Crippen LogP contribution in [-0.2, 0) is 6.18 Å². The van der Waals surface area contributed by atoms with Gasteiger partial charge in [-0.1, -0.05) is 18.9 Å². The second-order valence-corrected chi connectivity index (χ2v) is 6.93. The summed E-state index contributed by atoms with van der Waals surface area (Å²) in [6.07, 6.45) is 2.08. The number of fused-ring (bicyclic) bond motifs is 1. The van der Waals surface area contributed by atoms with Gasteiger partial charge in [-0.3, -0.25) is 0 Å². The highest BCUT2D eigenvalue weighted by Gasteiger charge is 2.34. The number of nitrogens with two attached hydrogens (primary N) is 2. The predicted molar refractivity (Wildman–Crippen MR) is 99.0 cm³/mol. The summed E-state index contributed by atoms with van der Waals surface area (Å²) in [4.78, 5) is 10.1. The average Bonchev–Trinajstić information content (AvgIpc) is 3.08. The third-order valence-electron chi connectivity index (χ3n) is 5.05. The molecule has 2 aromatic heterocycles. The number of halogens is 3. The van der Waals surface area contributed by atoms with E-state index in [9.17, 15) is 13.2 Å². The number of benzene rings is 1. The molecular formula is C18H20F3N7. The Kier molecular flexibility index (Phi) is 4.58. The van der Waals surface area contributed by atoms with Crippen molar-refractivity contribution in [2.24, 2.45) is 5.73 Å². The molecule has 0 saturated heterocycles. The highest BCUT2D eigenvalue weighted by atomic mass is 19.4. The first-order valence-corrected chi connectivity index (χ1v) is 9.03. The van der Waals surface area contributed by atoms with E-state index in [1.807, 2.05) is 0 Å². The smallest absolute Gasteiger partial charge is 0.381 e. The van der Waals surface area contributed by atoms with Crippen LogP contribution in [-0.4, -0.2) is 31.7 Å². The van der Waals surface area contributed by atoms with E-state index in [0.29, 0.717) is 11.3 Å². The molecule has 4 N–H and O–H groups in total. The number of rotatable bonds is 3. The van der Waals surface area contributed by atoms with Crippen LogP contribution in [0.25, 0.3) is 5.65 Å². The summed E-state index contributed by atoms with van der Waals surface area (Å²) in [6, 6.07) is 4.72. The van der Waals surface area contributed by atoms with Crippen LogP contribution in [0.2, 0.25) is 0 Å². The van der Waals surface area contributed by atoms with Crippen molar-refractivity contribution < 1.29 is 13.2 Å². The van der Waals surface area contributed by atoms with E-state index < -0.39 is 11.7 Å². The van der Waals surface area contributed by atoms with Gasteiger partial charge in [0, 0.05) is 24.1 Å². The zero-order valence-electron chi connectivity index (χ0n) is 15.0. The first kappa shape index (κ1) is 18.5. The van der Waals surface area contributed by atoms with Gasteiger partial charge in [-0.15, -0.1) is 5.10 Å². The van der Waals surface area contributed by atoms with Crippen molar-refractivity contribution in [3.8, 4) is 0 Å². The SMILES string of the molecule is Nc1nccn2nc(N(c3cccc(C(F)(F)F)c3)C3CCCCC3N)nc12. The van der Waals surface area contributed by atoms with Gasteiger partial charge in [0.2, 0.25) is 0 Å². The molecule has 7 nitrogen and oxygen atoms in total. The Morgan fingerprint density at radius 2 is 1.96 bits per heavy atom. The lowest BCUT2D eigenvalue weighted by atomic mass is 9.89. The van der Waals surface area contributed by atoms with Gasteiger partial charge in [-0.25, -0.2) is 9.50 Å². The zero-order valence-corrected chi connectivity index (χ0v) is 15.0. The number of nitrogen functional groups attached to an aromatic ring is 1. The van der Waals surface area contributed by atoms with E-state index in [4.69, 9.17) is 11.5 Å². The van der Waals surface area contributed by atoms with Gasteiger partial charge >= 0.3 is 6.18 Å². The Hall–Kier alpha value is -2.88. The van der Waals surface area contributed by atoms with Gasteiger partial charge in [0.05, 0.1) is 11.6 Å². The number of hydrogen-bond donors (Lipinski definition) is 2. The van der Waals surface area contributed by atoms with Crippen LogP contribution >= 0.6 is 0 Å². The Bertz CT molecular complexity index is 985. The van der Waals surface area contributed by atoms with Crippen LogP contribution in [0.4, 0.5) is 30.6 Å². The van der Waals surface area contributed by atoms with Gasteiger partial charge in [-0.05, 0) is 31.0 Å². The Balaban J connectivity index is 1.85. The van der Waals surface area contributed by atoms with Crippen LogP contribution in [0.3, 0.4) is 0 Å². The maximum absolute atomic E-state index is 13.3. The van der Waals surface area contributed by atoms with Crippen molar-refractivity contribution in [2.75, 3.05) is 10.6 Å². The third kappa shape index (κ3) is 3.35. The molecule has 0 spiro atoms. The first-order valence-electron chi connectivity index (χ1n) is 9.03. The molecule has 148 valence electrons. The van der Waals surface area contributed by atoms with Crippen LogP contribution < -0.4 is 16.4 Å². The Labute approximate surface area is 159 Å². The maximum Gasteiger partial charge on any atom is 0.416 e. The monoisotopic (exact) mass is 391 g/mol. The zero-order chi connectivity index (χ0) is 19.9. The van der Waals surface area contributed by atoms with E-state index in [0.717, 1.165) is 37.8 Å². The van der Waals surface area contributed by atoms with Gasteiger partial charge in [-0.2, -0.15) is 18.2 Å². The van der Waals surface area contributed by atoms with Gasteiger partial charge < -0.3 is 16.4 Å². The summed E-state index contributed by atoms with van der Waals surface area (Å²) in [5.41, 5.74) is 12.2. The summed E-state index contributed by atoms with van der Waals surface area (Å²) >= 11 is 0. The molecule has 10 heteroatoms. The van der Waals surface area contributed by atoms with Crippen molar-refractivity contribution >= 4 is 23.1 Å². The average molecular weight is 391 g/mol. The molecule has 2 heterocycles. The van der Waals surface area contributed by atoms with E-state index in [1.165, 1.54) is 16.8 Å². The fraction of sp³-hybridized carbons (Fsp3) is 0.389. The molecule has 0 radical (unpaired) electrons. The van der Waals surface area contributed by atoms with Crippen molar-refractivity contribution in [3.63, 3.8) is 0 Å². The van der Waals surface area contributed by atoms with E-state index >= 15 is 0 Å². The Morgan fingerprint density at radius 3 is 2.68 bits per heavy atom. The van der Waals surface area contributed by atoms with Gasteiger partial charge in [0.1, 0.15) is 0 Å². The molecule has 2 atom stereocenters. The van der Waals surface area contributed by atoms with Crippen molar-refractivity contribution in [3.05, 3.63) is 42.2 Å². The second-order valence-electron chi connectivity index (χ2n) is 6.93. The lowest BCUT2D eigenvalue weighted by molar-refractivity contribution is -0.137. The van der Waals surface area contributed by atoms with Crippen molar-refractivity contribution in [1.29, 1.82) is 0 Å². The number of hydrogen-bond acceptors (Lipinski definition) is 6. The lowest BCUT2D eigenvalue weighted by Gasteiger charge is -2.38. The normalized spacial score (nSPS) is 20.4. The molecule has 0 aliphatic heterocycles. The molecule has 2 unspecified atom stereocenters. The van der Waals surface area contributed by atoms with Crippen molar-refractivity contribution in [1.82, 2.24) is 19.6 Å². The summed E-state index contributed by atoms with van der Waals surface area (Å²) in [5, 5.41) is 4.43. The highest BCUT2D eigenvalue weighted by Crippen LogP contribution is 2.36. The minimum absolute atomic E-state index is 0.193. The molecule has 3 aromatic rings. The van der Waals surface area contributed by atoms with E-state index in [2.05, 4.69) is 15.1 Å². The molecular weight excluding hydrogens is 371 g/mol. The highest BCUT2D eigenvalue weighted by molar-refractivity contribution is 5.66. The number of aromatic nitrogens is 4. The predicted octanol–water partition coefficient (Wildman–Crippen LogP) is 3.13. The summed E-state index contributed by atoms with van der Waals surface area (Å²) in [5.74, 6) is 0.444. The molecule has 1 aliphatic carbocycles. The van der Waals surface area contributed by atoms with Crippen LogP contribution in [0, 0.1) is 0 Å². The molecule has 1 fully saturated rings. The second kappa shape index (κ2) is 6.93. The van der Waals surface area contributed by atoms with Crippen LogP contribution in [0.5, 0.6) is 0 Å². The first-order chi connectivity index (χ1) is 13.3. The topological polar surface area (TPSA) is 98.4 Å². The molecule has 1 aliphatic rings. The number of anilines is 3. The van der Waals surface area contributed by atoms with E-state index in [-0.39, 0.29) is 23.8 Å². The van der Waals surface area contributed by atoms with Gasteiger partial charge in [0.15, 0.2) is 11.5 Å². The van der Waals surface area contributed by atoms with Crippen LogP contribution in [0.1, 0.15) is 31.2 Å². The standard InChI is InChI=1S/C18H20F3N7/c19-18(20,21)11-4-3-5-12(10-11)28(14-7-2-1-6-13(14)22)17-25-16-15(23)24-8-9-27(16)26-17/h3-5,8-10,13-14H,1-2,6-7,22H2,(H2,23,24). The molecule has 1 saturated carbocycles. The van der Waals surface area contributed by atoms with Gasteiger partial charge in [0.25, 0.3) is 5.95 Å².